The molecule has 1 aliphatic carbocycles. The highest BCUT2D eigenvalue weighted by atomic mass is 32.1. The Morgan fingerprint density at radius 2 is 2.13 bits per heavy atom. The number of aromatic nitrogens is 3. The minimum absolute atomic E-state index is 0.516. The number of nitrogens with one attached hydrogen (secondary N) is 1. The summed E-state index contributed by atoms with van der Waals surface area (Å²) in [5, 5.41) is 4.86. The summed E-state index contributed by atoms with van der Waals surface area (Å²) in [4.78, 5) is 17.4. The largest absolute Gasteiger partial charge is 0.367 e. The van der Waals surface area contributed by atoms with E-state index >= 15 is 0 Å². The lowest BCUT2D eigenvalue weighted by Crippen LogP contribution is -2.38. The van der Waals surface area contributed by atoms with E-state index in [4.69, 9.17) is 4.98 Å². The van der Waals surface area contributed by atoms with Gasteiger partial charge in [-0.05, 0) is 39.0 Å². The second-order valence-corrected chi connectivity index (χ2v) is 7.74. The third-order valence-corrected chi connectivity index (χ3v) is 5.88. The fourth-order valence-electron chi connectivity index (χ4n) is 3.48. The topological polar surface area (TPSA) is 53.9 Å². The van der Waals surface area contributed by atoms with Crippen LogP contribution >= 0.6 is 11.3 Å². The molecular formula is C17H23N5S. The van der Waals surface area contributed by atoms with Crippen molar-refractivity contribution in [3.05, 3.63) is 33.7 Å². The van der Waals surface area contributed by atoms with E-state index in [0.717, 1.165) is 44.0 Å². The van der Waals surface area contributed by atoms with E-state index in [1.54, 1.807) is 6.33 Å². The highest BCUT2D eigenvalue weighted by Gasteiger charge is 2.22. The van der Waals surface area contributed by atoms with Crippen molar-refractivity contribution in [3.63, 3.8) is 0 Å². The maximum Gasteiger partial charge on any atom is 0.129 e. The van der Waals surface area contributed by atoms with Gasteiger partial charge in [0.05, 0.1) is 12.2 Å². The first-order valence-corrected chi connectivity index (χ1v) is 9.33. The van der Waals surface area contributed by atoms with E-state index in [1.807, 2.05) is 24.3 Å². The van der Waals surface area contributed by atoms with Crippen LogP contribution in [-0.2, 0) is 19.4 Å². The number of aryl methyl sites for hydroxylation is 3. The Hall–Kier alpha value is -1.53. The van der Waals surface area contributed by atoms with Crippen LogP contribution in [0.1, 0.15) is 40.5 Å². The van der Waals surface area contributed by atoms with Gasteiger partial charge in [-0.2, -0.15) is 0 Å². The summed E-state index contributed by atoms with van der Waals surface area (Å²) in [6, 6.07) is 2.53. The number of anilines is 1. The Morgan fingerprint density at radius 3 is 2.91 bits per heavy atom. The van der Waals surface area contributed by atoms with Crippen LogP contribution in [0.25, 0.3) is 0 Å². The molecule has 122 valence electrons. The van der Waals surface area contributed by atoms with E-state index < -0.39 is 0 Å². The van der Waals surface area contributed by atoms with Crippen LogP contribution in [0, 0.1) is 6.92 Å². The maximum absolute atomic E-state index is 4.83. The molecule has 0 radical (unpaired) electrons. The zero-order valence-electron chi connectivity index (χ0n) is 13.6. The second kappa shape index (κ2) is 6.53. The van der Waals surface area contributed by atoms with Crippen molar-refractivity contribution < 1.29 is 0 Å². The number of likely N-dealkylation sites (tertiary alicyclic amines) is 1. The van der Waals surface area contributed by atoms with Crippen LogP contribution in [0.4, 0.5) is 5.82 Å². The van der Waals surface area contributed by atoms with Gasteiger partial charge in [-0.25, -0.2) is 15.0 Å². The lowest BCUT2D eigenvalue weighted by molar-refractivity contribution is 0.211. The van der Waals surface area contributed by atoms with Crippen molar-refractivity contribution in [1.82, 2.24) is 19.9 Å². The Kier molecular flexibility index (Phi) is 4.27. The Morgan fingerprint density at radius 1 is 1.26 bits per heavy atom. The predicted molar refractivity (Wildman–Crippen MR) is 92.8 cm³/mol. The van der Waals surface area contributed by atoms with Gasteiger partial charge in [-0.1, -0.05) is 0 Å². The molecule has 3 heterocycles. The van der Waals surface area contributed by atoms with Crippen LogP contribution in [-0.4, -0.2) is 39.0 Å². The third-order valence-electron chi connectivity index (χ3n) is 4.74. The average molecular weight is 329 g/mol. The first kappa shape index (κ1) is 15.0. The van der Waals surface area contributed by atoms with Gasteiger partial charge < -0.3 is 5.32 Å². The molecule has 1 fully saturated rings. The van der Waals surface area contributed by atoms with Crippen LogP contribution in [0.15, 0.2) is 12.4 Å². The molecule has 0 saturated carbocycles. The van der Waals surface area contributed by atoms with Gasteiger partial charge in [0.1, 0.15) is 17.2 Å². The van der Waals surface area contributed by atoms with Crippen molar-refractivity contribution >= 4 is 17.2 Å². The molecule has 0 amide bonds. The lowest BCUT2D eigenvalue weighted by Gasteiger charge is -2.32. The van der Waals surface area contributed by atoms with Crippen LogP contribution in [0.5, 0.6) is 0 Å². The third kappa shape index (κ3) is 3.53. The summed E-state index contributed by atoms with van der Waals surface area (Å²) < 4.78 is 0. The summed E-state index contributed by atoms with van der Waals surface area (Å²) in [6.07, 6.45) is 7.69. The zero-order valence-corrected chi connectivity index (χ0v) is 14.4. The Labute approximate surface area is 141 Å². The van der Waals surface area contributed by atoms with Crippen molar-refractivity contribution in [1.29, 1.82) is 0 Å². The normalized spacial score (nSPS) is 19.0. The van der Waals surface area contributed by atoms with Gasteiger partial charge >= 0.3 is 0 Å². The molecule has 2 aliphatic rings. The number of fused-ring (bicyclic) bond motifs is 1. The molecular weight excluding hydrogens is 306 g/mol. The van der Waals surface area contributed by atoms with E-state index in [-0.39, 0.29) is 0 Å². The van der Waals surface area contributed by atoms with Crippen LogP contribution in [0.2, 0.25) is 0 Å². The number of hydrogen-bond acceptors (Lipinski definition) is 6. The van der Waals surface area contributed by atoms with Gasteiger partial charge in [0.2, 0.25) is 0 Å². The number of thiazole rings is 1. The quantitative estimate of drug-likeness (QED) is 0.935. The summed E-state index contributed by atoms with van der Waals surface area (Å²) in [5.74, 6) is 0.951. The van der Waals surface area contributed by atoms with Gasteiger partial charge in [-0.15, -0.1) is 11.3 Å². The minimum Gasteiger partial charge on any atom is -0.367 e. The van der Waals surface area contributed by atoms with Crippen molar-refractivity contribution in [3.8, 4) is 0 Å². The van der Waals surface area contributed by atoms with Gasteiger partial charge in [0.25, 0.3) is 0 Å². The smallest absolute Gasteiger partial charge is 0.129 e. The fourth-order valence-corrected chi connectivity index (χ4v) is 4.68. The molecule has 1 N–H and O–H groups in total. The average Bonchev–Trinajstić information content (AvgIpc) is 3.10. The molecule has 23 heavy (non-hydrogen) atoms. The molecule has 2 aromatic heterocycles. The standard InChI is InChI=1S/C17H23N5S/c1-12-9-16(19-11-18-12)20-13-5-7-22(8-6-13)10-17-21-14-3-2-4-15(14)23-17/h9,11,13H,2-8,10H2,1H3,(H,18,19,20). The highest BCUT2D eigenvalue weighted by Crippen LogP contribution is 2.28. The van der Waals surface area contributed by atoms with Gasteiger partial charge in [0, 0.05) is 35.8 Å². The number of rotatable bonds is 4. The number of hydrogen-bond donors (Lipinski definition) is 1. The summed E-state index contributed by atoms with van der Waals surface area (Å²) in [5.41, 5.74) is 2.39. The first-order valence-electron chi connectivity index (χ1n) is 8.51. The minimum atomic E-state index is 0.516. The summed E-state index contributed by atoms with van der Waals surface area (Å²) >= 11 is 1.94. The van der Waals surface area contributed by atoms with E-state index in [9.17, 15) is 0 Å². The SMILES string of the molecule is Cc1cc(NC2CCN(Cc3nc4c(s3)CCC4)CC2)ncn1. The molecule has 0 atom stereocenters. The molecule has 1 saturated heterocycles. The molecule has 0 unspecified atom stereocenters. The molecule has 1 aliphatic heterocycles. The molecule has 6 heteroatoms. The molecule has 4 rings (SSSR count). The molecule has 2 aromatic rings. The van der Waals surface area contributed by atoms with Crippen molar-refractivity contribution in [2.24, 2.45) is 0 Å². The van der Waals surface area contributed by atoms with Gasteiger partial charge in [0.15, 0.2) is 0 Å². The predicted octanol–water partition coefficient (Wildman–Crippen LogP) is 2.81. The summed E-state index contributed by atoms with van der Waals surface area (Å²) in [6.45, 7) is 5.29. The zero-order chi connectivity index (χ0) is 15.6. The van der Waals surface area contributed by atoms with E-state index in [0.29, 0.717) is 6.04 Å². The summed E-state index contributed by atoms with van der Waals surface area (Å²) in [7, 11) is 0. The van der Waals surface area contributed by atoms with Crippen molar-refractivity contribution in [2.45, 2.75) is 51.6 Å². The van der Waals surface area contributed by atoms with Crippen molar-refractivity contribution in [2.75, 3.05) is 18.4 Å². The first-order chi connectivity index (χ1) is 11.3. The maximum atomic E-state index is 4.83. The van der Waals surface area contributed by atoms with Crippen LogP contribution < -0.4 is 5.32 Å². The Bertz CT molecular complexity index is 654. The second-order valence-electron chi connectivity index (χ2n) is 6.57. The Balaban J connectivity index is 1.28. The lowest BCUT2D eigenvalue weighted by atomic mass is 10.1. The van der Waals surface area contributed by atoms with E-state index in [2.05, 4.69) is 20.2 Å². The monoisotopic (exact) mass is 329 g/mol. The molecule has 0 aromatic carbocycles. The molecule has 0 spiro atoms. The molecule has 0 bridgehead atoms. The molecule has 5 nitrogen and oxygen atoms in total. The highest BCUT2D eigenvalue weighted by molar-refractivity contribution is 7.11. The van der Waals surface area contributed by atoms with E-state index in [1.165, 1.54) is 34.8 Å². The van der Waals surface area contributed by atoms with Gasteiger partial charge in [-0.3, -0.25) is 4.90 Å². The van der Waals surface area contributed by atoms with Crippen LogP contribution in [0.3, 0.4) is 0 Å². The number of nitrogens with zero attached hydrogens (tertiary/aromatic N) is 4. The fraction of sp³-hybridized carbons (Fsp3) is 0.588. The number of piperidine rings is 1.